The normalized spacial score (nSPS) is 18.5. The molecule has 21 heavy (non-hydrogen) atoms. The second-order valence-electron chi connectivity index (χ2n) is 5.39. The smallest absolute Gasteiger partial charge is 0.247 e. The molecule has 0 spiro atoms. The Balaban J connectivity index is 1.73. The van der Waals surface area contributed by atoms with Crippen LogP contribution in [0.5, 0.6) is 0 Å². The minimum atomic E-state index is 0.0513. The molecule has 0 bridgehead atoms. The second kappa shape index (κ2) is 5.95. The molecule has 1 saturated heterocycles. The van der Waals surface area contributed by atoms with Gasteiger partial charge in [0.15, 0.2) is 0 Å². The Hall–Kier alpha value is -2.36. The molecule has 3 rings (SSSR count). The summed E-state index contributed by atoms with van der Waals surface area (Å²) in [5, 5.41) is 0. The van der Waals surface area contributed by atoms with Crippen LogP contribution in [0.4, 0.5) is 0 Å². The summed E-state index contributed by atoms with van der Waals surface area (Å²) in [7, 11) is 0. The molecule has 1 aromatic heterocycles. The molecule has 0 saturated carbocycles. The third-order valence-corrected chi connectivity index (χ3v) is 3.79. The molecule has 0 aliphatic carbocycles. The molecule has 0 radical (unpaired) electrons. The number of carbonyl (C=O) groups is 1. The molecule has 2 aromatic rings. The van der Waals surface area contributed by atoms with Crippen LogP contribution in [0.1, 0.15) is 36.0 Å². The van der Waals surface area contributed by atoms with Crippen LogP contribution >= 0.6 is 0 Å². The van der Waals surface area contributed by atoms with Gasteiger partial charge < -0.3 is 9.88 Å². The minimum Gasteiger partial charge on any atom is -0.344 e. The summed E-state index contributed by atoms with van der Waals surface area (Å²) in [6, 6.07) is 9.95. The number of nitrogens with zero attached hydrogens (tertiary/aromatic N) is 2. The van der Waals surface area contributed by atoms with Crippen LogP contribution in [0.25, 0.3) is 6.08 Å². The van der Waals surface area contributed by atoms with Gasteiger partial charge >= 0.3 is 0 Å². The van der Waals surface area contributed by atoms with Crippen molar-refractivity contribution in [2.45, 2.75) is 25.8 Å². The third kappa shape index (κ3) is 3.05. The highest BCUT2D eigenvalue weighted by molar-refractivity contribution is 5.92. The average Bonchev–Trinajstić information content (AvgIpc) is 3.14. The van der Waals surface area contributed by atoms with E-state index >= 15 is 0 Å². The van der Waals surface area contributed by atoms with E-state index in [4.69, 9.17) is 0 Å². The second-order valence-corrected chi connectivity index (χ2v) is 5.39. The quantitative estimate of drug-likeness (QED) is 0.879. The number of aromatic amines is 1. The predicted octanol–water partition coefficient (Wildman–Crippen LogP) is 3.10. The van der Waals surface area contributed by atoms with Gasteiger partial charge in [-0.15, -0.1) is 0 Å². The van der Waals surface area contributed by atoms with Gasteiger partial charge in [0.25, 0.3) is 0 Å². The Kier molecular flexibility index (Phi) is 3.86. The van der Waals surface area contributed by atoms with Crippen LogP contribution < -0.4 is 0 Å². The number of rotatable bonds is 3. The van der Waals surface area contributed by atoms with Crippen molar-refractivity contribution in [1.82, 2.24) is 14.9 Å². The van der Waals surface area contributed by atoms with Gasteiger partial charge in [0.2, 0.25) is 5.91 Å². The molecule has 108 valence electrons. The third-order valence-electron chi connectivity index (χ3n) is 3.79. The van der Waals surface area contributed by atoms with E-state index in [1.54, 1.807) is 6.08 Å². The zero-order valence-corrected chi connectivity index (χ0v) is 12.1. The number of nitrogens with one attached hydrogen (secondary N) is 1. The van der Waals surface area contributed by atoms with Gasteiger partial charge in [0, 0.05) is 24.5 Å². The Bertz CT molecular complexity index is 645. The van der Waals surface area contributed by atoms with Crippen LogP contribution in [-0.2, 0) is 4.79 Å². The zero-order valence-electron chi connectivity index (χ0n) is 12.1. The largest absolute Gasteiger partial charge is 0.344 e. The number of benzene rings is 1. The highest BCUT2D eigenvalue weighted by Crippen LogP contribution is 2.30. The van der Waals surface area contributed by atoms with Gasteiger partial charge in [0.1, 0.15) is 5.82 Å². The van der Waals surface area contributed by atoms with Crippen LogP contribution in [0.3, 0.4) is 0 Å². The molecule has 4 nitrogen and oxygen atoms in total. The minimum absolute atomic E-state index is 0.0513. The number of carbonyl (C=O) groups excluding carboxylic acids is 1. The maximum Gasteiger partial charge on any atom is 0.247 e. The topological polar surface area (TPSA) is 49.0 Å². The average molecular weight is 281 g/mol. The molecular formula is C17H19N3O. The molecule has 1 amide bonds. The molecular weight excluding hydrogens is 262 g/mol. The van der Waals surface area contributed by atoms with E-state index in [0.29, 0.717) is 0 Å². The molecule has 1 aliphatic rings. The lowest BCUT2D eigenvalue weighted by Crippen LogP contribution is -2.29. The summed E-state index contributed by atoms with van der Waals surface area (Å²) >= 11 is 0. The van der Waals surface area contributed by atoms with Crippen LogP contribution in [0, 0.1) is 6.92 Å². The zero-order chi connectivity index (χ0) is 14.7. The fourth-order valence-electron chi connectivity index (χ4n) is 2.74. The number of H-pyrrole nitrogens is 1. The number of amides is 1. The molecule has 4 heteroatoms. The van der Waals surface area contributed by atoms with E-state index in [1.807, 2.05) is 54.4 Å². The van der Waals surface area contributed by atoms with Gasteiger partial charge in [-0.2, -0.15) is 0 Å². The lowest BCUT2D eigenvalue weighted by Gasteiger charge is -2.21. The first kappa shape index (κ1) is 13.6. The van der Waals surface area contributed by atoms with Crippen LogP contribution in [0.15, 0.2) is 42.6 Å². The van der Waals surface area contributed by atoms with Gasteiger partial charge in [-0.05, 0) is 31.4 Å². The number of hydrogen-bond donors (Lipinski definition) is 1. The van der Waals surface area contributed by atoms with E-state index in [9.17, 15) is 4.79 Å². The van der Waals surface area contributed by atoms with Crippen molar-refractivity contribution >= 4 is 12.0 Å². The first-order valence-electron chi connectivity index (χ1n) is 7.29. The van der Waals surface area contributed by atoms with Crippen molar-refractivity contribution in [3.8, 4) is 0 Å². The van der Waals surface area contributed by atoms with Crippen molar-refractivity contribution in [3.63, 3.8) is 0 Å². The Morgan fingerprint density at radius 1 is 1.38 bits per heavy atom. The van der Waals surface area contributed by atoms with Crippen molar-refractivity contribution in [2.24, 2.45) is 0 Å². The number of hydrogen-bond acceptors (Lipinski definition) is 2. The van der Waals surface area contributed by atoms with Gasteiger partial charge in [-0.3, -0.25) is 4.79 Å². The summed E-state index contributed by atoms with van der Waals surface area (Å²) in [5.74, 6) is 0.946. The molecule has 1 aromatic carbocycles. The van der Waals surface area contributed by atoms with E-state index in [2.05, 4.69) is 9.97 Å². The lowest BCUT2D eigenvalue weighted by molar-refractivity contribution is -0.127. The summed E-state index contributed by atoms with van der Waals surface area (Å²) < 4.78 is 0. The number of imidazole rings is 1. The first-order chi connectivity index (χ1) is 10.2. The Morgan fingerprint density at radius 2 is 2.19 bits per heavy atom. The fraction of sp³-hybridized carbons (Fsp3) is 0.294. The Labute approximate surface area is 124 Å². The molecule has 1 aliphatic heterocycles. The standard InChI is InChI=1S/C17H19N3O/c1-13-12-18-17(19-13)15-8-5-11-20(15)16(21)10-9-14-6-3-2-4-7-14/h2-4,6-7,9-10,12,15H,5,8,11H2,1H3,(H,18,19)/b10-9+/t15-/m1/s1. The highest BCUT2D eigenvalue weighted by atomic mass is 16.2. The van der Waals surface area contributed by atoms with Crippen molar-refractivity contribution < 1.29 is 4.79 Å². The number of aryl methyl sites for hydroxylation is 1. The van der Waals surface area contributed by atoms with Crippen LogP contribution in [-0.4, -0.2) is 27.3 Å². The maximum absolute atomic E-state index is 12.4. The van der Waals surface area contributed by atoms with E-state index in [-0.39, 0.29) is 11.9 Å². The summed E-state index contributed by atoms with van der Waals surface area (Å²) in [6.45, 7) is 2.77. The van der Waals surface area contributed by atoms with Crippen molar-refractivity contribution in [2.75, 3.05) is 6.54 Å². The van der Waals surface area contributed by atoms with E-state index in [1.165, 1.54) is 0 Å². The first-order valence-corrected chi connectivity index (χ1v) is 7.29. The van der Waals surface area contributed by atoms with E-state index in [0.717, 1.165) is 36.5 Å². The summed E-state index contributed by atoms with van der Waals surface area (Å²) in [5.41, 5.74) is 2.07. The highest BCUT2D eigenvalue weighted by Gasteiger charge is 2.30. The molecule has 1 fully saturated rings. The number of likely N-dealkylation sites (tertiary alicyclic amines) is 1. The SMILES string of the molecule is Cc1cnc([C@H]2CCCN2C(=O)/C=C/c2ccccc2)[nH]1. The van der Waals surface area contributed by atoms with Gasteiger partial charge in [-0.1, -0.05) is 30.3 Å². The molecule has 0 unspecified atom stereocenters. The molecule has 2 heterocycles. The molecule has 1 N–H and O–H groups in total. The van der Waals surface area contributed by atoms with Crippen molar-refractivity contribution in [1.29, 1.82) is 0 Å². The monoisotopic (exact) mass is 281 g/mol. The van der Waals surface area contributed by atoms with Gasteiger partial charge in [0.05, 0.1) is 6.04 Å². The van der Waals surface area contributed by atoms with Gasteiger partial charge in [-0.25, -0.2) is 4.98 Å². The van der Waals surface area contributed by atoms with E-state index < -0.39 is 0 Å². The maximum atomic E-state index is 12.4. The summed E-state index contributed by atoms with van der Waals surface area (Å²) in [6.07, 6.45) is 7.33. The summed E-state index contributed by atoms with van der Waals surface area (Å²) in [4.78, 5) is 21.9. The lowest BCUT2D eigenvalue weighted by atomic mass is 10.2. The number of aromatic nitrogens is 2. The van der Waals surface area contributed by atoms with Crippen LogP contribution in [0.2, 0.25) is 0 Å². The molecule has 1 atom stereocenters. The fourth-order valence-corrected chi connectivity index (χ4v) is 2.74. The van der Waals surface area contributed by atoms with Crippen molar-refractivity contribution in [3.05, 3.63) is 59.7 Å². The Morgan fingerprint density at radius 3 is 2.90 bits per heavy atom. The predicted molar refractivity (Wildman–Crippen MR) is 82.5 cm³/mol.